The van der Waals surface area contributed by atoms with Crippen molar-refractivity contribution in [2.75, 3.05) is 7.11 Å². The Bertz CT molecular complexity index is 1720. The normalized spacial score (nSPS) is 11.8. The molecule has 8 nitrogen and oxygen atoms in total. The first-order valence-corrected chi connectivity index (χ1v) is 11.9. The van der Waals surface area contributed by atoms with Gasteiger partial charge < -0.3 is 9.72 Å². The molecule has 0 bridgehead atoms. The van der Waals surface area contributed by atoms with Crippen LogP contribution in [0.1, 0.15) is 5.56 Å². The summed E-state index contributed by atoms with van der Waals surface area (Å²) in [5.41, 5.74) is -1.51. The molecule has 184 valence electrons. The van der Waals surface area contributed by atoms with E-state index in [4.69, 9.17) is 4.74 Å². The third-order valence-corrected chi connectivity index (χ3v) is 7.15. The number of imidazole rings is 1. The van der Waals surface area contributed by atoms with Gasteiger partial charge in [0.1, 0.15) is 33.6 Å². The quantitative estimate of drug-likeness (QED) is 0.320. The van der Waals surface area contributed by atoms with Crippen LogP contribution in [-0.4, -0.2) is 40.7 Å². The number of sulfone groups is 1. The van der Waals surface area contributed by atoms with Crippen molar-refractivity contribution in [2.45, 2.75) is 10.6 Å². The maximum atomic E-state index is 15.5. The molecule has 0 aliphatic carbocycles. The van der Waals surface area contributed by atoms with Crippen LogP contribution in [0.5, 0.6) is 5.88 Å². The summed E-state index contributed by atoms with van der Waals surface area (Å²) in [7, 11) is -3.25. The number of halogens is 4. The lowest BCUT2D eigenvalue weighted by atomic mass is 9.99. The zero-order valence-corrected chi connectivity index (χ0v) is 19.1. The van der Waals surface area contributed by atoms with Gasteiger partial charge in [0, 0.05) is 28.9 Å². The fourth-order valence-corrected chi connectivity index (χ4v) is 5.33. The van der Waals surface area contributed by atoms with E-state index in [1.165, 1.54) is 18.3 Å². The van der Waals surface area contributed by atoms with Crippen LogP contribution in [-0.2, 0) is 15.6 Å². The number of hydrogen-bond acceptors (Lipinski definition) is 6. The van der Waals surface area contributed by atoms with Crippen LogP contribution >= 0.6 is 0 Å². The molecular formula is C23H15F4N5O3S. The highest BCUT2D eigenvalue weighted by molar-refractivity contribution is 7.90. The first kappa shape index (κ1) is 23.5. The molecule has 0 spiro atoms. The van der Waals surface area contributed by atoms with Gasteiger partial charge in [-0.2, -0.15) is 5.10 Å². The molecule has 0 fully saturated rings. The number of benzene rings is 2. The van der Waals surface area contributed by atoms with E-state index < -0.39 is 60.4 Å². The average molecular weight is 517 g/mol. The van der Waals surface area contributed by atoms with E-state index in [0.717, 1.165) is 25.4 Å². The van der Waals surface area contributed by atoms with Gasteiger partial charge in [-0.05, 0) is 18.2 Å². The number of rotatable bonds is 6. The van der Waals surface area contributed by atoms with E-state index in [9.17, 15) is 17.2 Å². The number of nitrogens with one attached hydrogen (secondary N) is 2. The van der Waals surface area contributed by atoms with Crippen LogP contribution < -0.4 is 4.74 Å². The Morgan fingerprint density at radius 2 is 1.83 bits per heavy atom. The summed E-state index contributed by atoms with van der Waals surface area (Å²) in [4.78, 5) is 9.89. The van der Waals surface area contributed by atoms with Crippen molar-refractivity contribution < 1.29 is 30.7 Å². The Kier molecular flexibility index (Phi) is 5.71. The zero-order valence-electron chi connectivity index (χ0n) is 18.3. The van der Waals surface area contributed by atoms with Crippen molar-refractivity contribution in [1.82, 2.24) is 25.1 Å². The van der Waals surface area contributed by atoms with E-state index >= 15 is 8.78 Å². The molecule has 5 aromatic rings. The van der Waals surface area contributed by atoms with Crippen LogP contribution in [0.4, 0.5) is 17.6 Å². The highest BCUT2D eigenvalue weighted by Gasteiger charge is 2.27. The van der Waals surface area contributed by atoms with Gasteiger partial charge >= 0.3 is 0 Å². The number of hydrogen-bond donors (Lipinski definition) is 2. The number of aromatic nitrogens is 5. The van der Waals surface area contributed by atoms with E-state index in [1.807, 2.05) is 0 Å². The number of aromatic amines is 2. The fraction of sp³-hybridized carbons (Fsp3) is 0.0870. The first-order chi connectivity index (χ1) is 17.2. The van der Waals surface area contributed by atoms with Crippen LogP contribution in [0.3, 0.4) is 0 Å². The van der Waals surface area contributed by atoms with Gasteiger partial charge in [-0.15, -0.1) is 0 Å². The van der Waals surface area contributed by atoms with Gasteiger partial charge in [0.2, 0.25) is 5.88 Å². The van der Waals surface area contributed by atoms with Crippen LogP contribution in [0.2, 0.25) is 0 Å². The standard InChI is InChI=1S/C23H15F4N5O3S/c1-35-23-16(8-12(24)9-30-23)36(33,34)10-11-2-5-15(25)17(18(11)26)13-3-4-14-20(19(13)27)31-32-21(14)22-28-6-7-29-22/h2-9H,10H2,1H3,(H,28,29)(H,31,32). The summed E-state index contributed by atoms with van der Waals surface area (Å²) >= 11 is 0. The van der Waals surface area contributed by atoms with Crippen LogP contribution in [0.25, 0.3) is 33.5 Å². The second kappa shape index (κ2) is 8.75. The van der Waals surface area contributed by atoms with Crippen molar-refractivity contribution >= 4 is 20.7 Å². The Hall–Kier alpha value is -4.26. The molecule has 36 heavy (non-hydrogen) atoms. The van der Waals surface area contributed by atoms with Gasteiger partial charge in [0.05, 0.1) is 24.6 Å². The highest BCUT2D eigenvalue weighted by Crippen LogP contribution is 2.36. The summed E-state index contributed by atoms with van der Waals surface area (Å²) < 4.78 is 90.1. The summed E-state index contributed by atoms with van der Waals surface area (Å²) in [5.74, 6) is -5.35. The van der Waals surface area contributed by atoms with Gasteiger partial charge in [-0.1, -0.05) is 12.1 Å². The van der Waals surface area contributed by atoms with Crippen molar-refractivity contribution in [2.24, 2.45) is 0 Å². The third-order valence-electron chi connectivity index (χ3n) is 5.50. The highest BCUT2D eigenvalue weighted by atomic mass is 32.2. The molecule has 0 amide bonds. The molecule has 2 N–H and O–H groups in total. The Morgan fingerprint density at radius 3 is 2.56 bits per heavy atom. The minimum absolute atomic E-state index is 0.189. The average Bonchev–Trinajstić information content (AvgIpc) is 3.52. The Balaban J connectivity index is 1.60. The Morgan fingerprint density at radius 1 is 1.03 bits per heavy atom. The molecule has 0 saturated heterocycles. The number of H-pyrrole nitrogens is 2. The summed E-state index contributed by atoms with van der Waals surface area (Å²) in [6.07, 6.45) is 3.82. The van der Waals surface area contributed by atoms with Gasteiger partial charge in [0.15, 0.2) is 21.5 Å². The molecule has 3 heterocycles. The van der Waals surface area contributed by atoms with Gasteiger partial charge in [0.25, 0.3) is 0 Å². The molecule has 0 aliphatic rings. The van der Waals surface area contributed by atoms with Crippen LogP contribution in [0.15, 0.2) is 53.8 Å². The largest absolute Gasteiger partial charge is 0.480 e. The molecule has 0 atom stereocenters. The SMILES string of the molecule is COc1ncc(F)cc1S(=O)(=O)Cc1ccc(F)c(-c2ccc3c(-c4ncc[nH]4)[nH]nc3c2F)c1F. The number of ether oxygens (including phenoxy) is 1. The number of fused-ring (bicyclic) bond motifs is 1. The molecule has 0 saturated carbocycles. The predicted octanol–water partition coefficient (Wildman–Crippen LogP) is 4.55. The summed E-state index contributed by atoms with van der Waals surface area (Å²) in [6.45, 7) is 0. The van der Waals surface area contributed by atoms with Crippen molar-refractivity contribution in [3.8, 4) is 28.5 Å². The van der Waals surface area contributed by atoms with E-state index in [1.54, 1.807) is 6.20 Å². The van der Waals surface area contributed by atoms with Crippen molar-refractivity contribution in [1.29, 1.82) is 0 Å². The molecule has 0 radical (unpaired) electrons. The van der Waals surface area contributed by atoms with Crippen molar-refractivity contribution in [3.05, 3.63) is 77.8 Å². The molecule has 3 aromatic heterocycles. The van der Waals surface area contributed by atoms with Gasteiger partial charge in [-0.3, -0.25) is 5.10 Å². The second-order valence-corrected chi connectivity index (χ2v) is 9.63. The molecule has 0 unspecified atom stereocenters. The molecular weight excluding hydrogens is 502 g/mol. The Labute approximate surface area is 200 Å². The maximum absolute atomic E-state index is 15.5. The lowest BCUT2D eigenvalue weighted by Crippen LogP contribution is -2.10. The minimum Gasteiger partial charge on any atom is -0.480 e. The summed E-state index contributed by atoms with van der Waals surface area (Å²) in [6, 6.07) is 5.02. The minimum atomic E-state index is -4.39. The lowest BCUT2D eigenvalue weighted by molar-refractivity contribution is 0.382. The second-order valence-electron chi connectivity index (χ2n) is 7.68. The zero-order chi connectivity index (χ0) is 25.6. The third kappa shape index (κ3) is 3.86. The first-order valence-electron chi connectivity index (χ1n) is 10.3. The maximum Gasteiger partial charge on any atom is 0.232 e. The lowest BCUT2D eigenvalue weighted by Gasteiger charge is -2.13. The summed E-state index contributed by atoms with van der Waals surface area (Å²) in [5, 5.41) is 6.87. The monoisotopic (exact) mass is 517 g/mol. The van der Waals surface area contributed by atoms with E-state index in [0.29, 0.717) is 23.0 Å². The topological polar surface area (TPSA) is 114 Å². The van der Waals surface area contributed by atoms with E-state index in [-0.39, 0.29) is 11.4 Å². The number of methoxy groups -OCH3 is 1. The molecule has 13 heteroatoms. The van der Waals surface area contributed by atoms with E-state index in [2.05, 4.69) is 25.1 Å². The van der Waals surface area contributed by atoms with Crippen molar-refractivity contribution in [3.63, 3.8) is 0 Å². The fourth-order valence-electron chi connectivity index (χ4n) is 3.84. The predicted molar refractivity (Wildman–Crippen MR) is 121 cm³/mol. The molecule has 0 aliphatic heterocycles. The van der Waals surface area contributed by atoms with Gasteiger partial charge in [-0.25, -0.2) is 35.9 Å². The van der Waals surface area contributed by atoms with Crippen LogP contribution in [0, 0.1) is 23.3 Å². The smallest absolute Gasteiger partial charge is 0.232 e. The number of nitrogens with zero attached hydrogens (tertiary/aromatic N) is 3. The molecule has 5 rings (SSSR count). The number of pyridine rings is 1. The molecule has 2 aromatic carbocycles.